The minimum atomic E-state index is 0.571. The first-order chi connectivity index (χ1) is 9.31. The van der Waals surface area contributed by atoms with Gasteiger partial charge in [-0.15, -0.1) is 10.2 Å². The summed E-state index contributed by atoms with van der Waals surface area (Å²) in [5.41, 5.74) is 2.10. The molecule has 5 nitrogen and oxygen atoms in total. The zero-order valence-electron chi connectivity index (χ0n) is 10.4. The first-order valence-electron chi connectivity index (χ1n) is 5.90. The van der Waals surface area contributed by atoms with Crippen LogP contribution in [0.15, 0.2) is 48.5 Å². The molecule has 1 heterocycles. The lowest BCUT2D eigenvalue weighted by atomic mass is 10.2. The van der Waals surface area contributed by atoms with Gasteiger partial charge < -0.3 is 4.74 Å². The highest BCUT2D eigenvalue weighted by atomic mass is 16.5. The Kier molecular flexibility index (Phi) is 2.94. The van der Waals surface area contributed by atoms with Crippen LogP contribution < -0.4 is 4.74 Å². The number of nitrogens with zero attached hydrogens (tertiary/aromatic N) is 3. The van der Waals surface area contributed by atoms with Crippen molar-refractivity contribution in [1.82, 2.24) is 20.6 Å². The van der Waals surface area contributed by atoms with Crippen LogP contribution in [0, 0.1) is 6.92 Å². The van der Waals surface area contributed by atoms with Crippen LogP contribution in [0.4, 0.5) is 0 Å². The fourth-order valence-electron chi connectivity index (χ4n) is 1.70. The molecule has 0 saturated carbocycles. The quantitative estimate of drug-likeness (QED) is 0.778. The summed E-state index contributed by atoms with van der Waals surface area (Å²) in [6.07, 6.45) is 0. The second-order valence-corrected chi connectivity index (χ2v) is 4.17. The van der Waals surface area contributed by atoms with Gasteiger partial charge in [-0.3, -0.25) is 0 Å². The SMILES string of the molecule is Cc1ccc(Oc2ccc(-c3nn[nH]n3)cc2)cc1. The van der Waals surface area contributed by atoms with E-state index in [4.69, 9.17) is 4.74 Å². The third-order valence-corrected chi connectivity index (χ3v) is 2.71. The second-order valence-electron chi connectivity index (χ2n) is 4.17. The molecule has 94 valence electrons. The smallest absolute Gasteiger partial charge is 0.204 e. The minimum absolute atomic E-state index is 0.571. The molecular weight excluding hydrogens is 240 g/mol. The van der Waals surface area contributed by atoms with Crippen LogP contribution in [0.2, 0.25) is 0 Å². The van der Waals surface area contributed by atoms with Gasteiger partial charge in [0.25, 0.3) is 0 Å². The highest BCUT2D eigenvalue weighted by Crippen LogP contribution is 2.24. The lowest BCUT2D eigenvalue weighted by Gasteiger charge is -2.06. The molecule has 0 fully saturated rings. The Morgan fingerprint density at radius 3 is 2.11 bits per heavy atom. The third-order valence-electron chi connectivity index (χ3n) is 2.71. The first kappa shape index (κ1) is 11.4. The van der Waals surface area contributed by atoms with Gasteiger partial charge in [-0.05, 0) is 48.5 Å². The van der Waals surface area contributed by atoms with E-state index in [1.807, 2.05) is 55.5 Å². The zero-order valence-corrected chi connectivity index (χ0v) is 10.4. The molecule has 2 aromatic carbocycles. The van der Waals surface area contributed by atoms with Gasteiger partial charge in [0, 0.05) is 5.56 Å². The molecule has 3 aromatic rings. The van der Waals surface area contributed by atoms with Crippen LogP contribution >= 0.6 is 0 Å². The van der Waals surface area contributed by atoms with Crippen molar-refractivity contribution in [3.8, 4) is 22.9 Å². The second kappa shape index (κ2) is 4.89. The summed E-state index contributed by atoms with van der Waals surface area (Å²) in [7, 11) is 0. The van der Waals surface area contributed by atoms with Gasteiger partial charge in [0.15, 0.2) is 0 Å². The largest absolute Gasteiger partial charge is 0.457 e. The molecule has 1 aromatic heterocycles. The Labute approximate surface area is 110 Å². The number of aryl methyl sites for hydroxylation is 1. The number of nitrogens with one attached hydrogen (secondary N) is 1. The van der Waals surface area contributed by atoms with Crippen molar-refractivity contribution in [2.45, 2.75) is 6.92 Å². The summed E-state index contributed by atoms with van der Waals surface area (Å²) < 4.78 is 5.74. The van der Waals surface area contributed by atoms with E-state index in [2.05, 4.69) is 20.6 Å². The summed E-state index contributed by atoms with van der Waals surface area (Å²) in [5, 5.41) is 13.8. The number of hydrogen-bond donors (Lipinski definition) is 1. The van der Waals surface area contributed by atoms with Gasteiger partial charge in [-0.2, -0.15) is 5.21 Å². The normalized spacial score (nSPS) is 10.4. The maximum Gasteiger partial charge on any atom is 0.204 e. The van der Waals surface area contributed by atoms with Crippen LogP contribution in [-0.4, -0.2) is 20.6 Å². The summed E-state index contributed by atoms with van der Waals surface area (Å²) >= 11 is 0. The predicted octanol–water partition coefficient (Wildman–Crippen LogP) is 2.97. The molecule has 0 amide bonds. The van der Waals surface area contributed by atoms with Crippen molar-refractivity contribution < 1.29 is 4.74 Å². The van der Waals surface area contributed by atoms with E-state index in [9.17, 15) is 0 Å². The fourth-order valence-corrected chi connectivity index (χ4v) is 1.70. The molecule has 0 atom stereocenters. The number of aromatic amines is 1. The van der Waals surface area contributed by atoms with Gasteiger partial charge in [-0.25, -0.2) is 0 Å². The Morgan fingerprint density at radius 1 is 0.895 bits per heavy atom. The molecule has 0 radical (unpaired) electrons. The van der Waals surface area contributed by atoms with Gasteiger partial charge in [0.1, 0.15) is 11.5 Å². The van der Waals surface area contributed by atoms with Gasteiger partial charge >= 0.3 is 0 Å². The topological polar surface area (TPSA) is 63.7 Å². The molecule has 0 unspecified atom stereocenters. The standard InChI is InChI=1S/C14H12N4O/c1-10-2-6-12(7-3-10)19-13-8-4-11(5-9-13)14-15-17-18-16-14/h2-9H,1H3,(H,15,16,17,18). The number of tetrazole rings is 1. The van der Waals surface area contributed by atoms with Gasteiger partial charge in [0.05, 0.1) is 0 Å². The highest BCUT2D eigenvalue weighted by Gasteiger charge is 2.03. The van der Waals surface area contributed by atoms with Crippen LogP contribution in [0.1, 0.15) is 5.56 Å². The fraction of sp³-hybridized carbons (Fsp3) is 0.0714. The monoisotopic (exact) mass is 252 g/mol. The first-order valence-corrected chi connectivity index (χ1v) is 5.90. The van der Waals surface area contributed by atoms with Crippen LogP contribution in [-0.2, 0) is 0 Å². The lowest BCUT2D eigenvalue weighted by Crippen LogP contribution is -1.85. The van der Waals surface area contributed by atoms with E-state index in [0.717, 1.165) is 17.1 Å². The summed E-state index contributed by atoms with van der Waals surface area (Å²) in [5.74, 6) is 2.16. The third kappa shape index (κ3) is 2.60. The Bertz CT molecular complexity index is 645. The maximum absolute atomic E-state index is 5.74. The van der Waals surface area contributed by atoms with Crippen molar-refractivity contribution in [3.05, 3.63) is 54.1 Å². The van der Waals surface area contributed by atoms with E-state index in [1.54, 1.807) is 0 Å². The average molecular weight is 252 g/mol. The summed E-state index contributed by atoms with van der Waals surface area (Å²) in [6, 6.07) is 15.5. The summed E-state index contributed by atoms with van der Waals surface area (Å²) in [6.45, 7) is 2.05. The van der Waals surface area contributed by atoms with Crippen molar-refractivity contribution in [1.29, 1.82) is 0 Å². The molecule has 3 rings (SSSR count). The van der Waals surface area contributed by atoms with Crippen molar-refractivity contribution in [2.24, 2.45) is 0 Å². The minimum Gasteiger partial charge on any atom is -0.457 e. The Morgan fingerprint density at radius 2 is 1.53 bits per heavy atom. The number of rotatable bonds is 3. The van der Waals surface area contributed by atoms with E-state index in [-0.39, 0.29) is 0 Å². The van der Waals surface area contributed by atoms with Gasteiger partial charge in [0.2, 0.25) is 5.82 Å². The van der Waals surface area contributed by atoms with Crippen LogP contribution in [0.3, 0.4) is 0 Å². The molecule has 5 heteroatoms. The molecule has 0 aliphatic rings. The van der Waals surface area contributed by atoms with E-state index >= 15 is 0 Å². The van der Waals surface area contributed by atoms with Crippen molar-refractivity contribution >= 4 is 0 Å². The predicted molar refractivity (Wildman–Crippen MR) is 70.9 cm³/mol. The number of aromatic nitrogens is 4. The molecular formula is C14H12N4O. The molecule has 0 spiro atoms. The van der Waals surface area contributed by atoms with E-state index in [0.29, 0.717) is 5.82 Å². The van der Waals surface area contributed by atoms with Crippen LogP contribution in [0.25, 0.3) is 11.4 Å². The molecule has 0 aliphatic heterocycles. The molecule has 19 heavy (non-hydrogen) atoms. The molecule has 0 aliphatic carbocycles. The highest BCUT2D eigenvalue weighted by molar-refractivity contribution is 5.55. The Hall–Kier alpha value is -2.69. The van der Waals surface area contributed by atoms with Gasteiger partial charge in [-0.1, -0.05) is 17.7 Å². The maximum atomic E-state index is 5.74. The number of hydrogen-bond acceptors (Lipinski definition) is 4. The number of ether oxygens (including phenoxy) is 1. The number of benzene rings is 2. The Balaban J connectivity index is 1.77. The summed E-state index contributed by atoms with van der Waals surface area (Å²) in [4.78, 5) is 0. The van der Waals surface area contributed by atoms with E-state index < -0.39 is 0 Å². The lowest BCUT2D eigenvalue weighted by molar-refractivity contribution is 0.482. The van der Waals surface area contributed by atoms with Crippen LogP contribution in [0.5, 0.6) is 11.5 Å². The average Bonchev–Trinajstić information content (AvgIpc) is 2.96. The molecule has 0 bridgehead atoms. The molecule has 1 N–H and O–H groups in total. The molecule has 0 saturated heterocycles. The van der Waals surface area contributed by atoms with E-state index in [1.165, 1.54) is 5.56 Å². The van der Waals surface area contributed by atoms with Crippen molar-refractivity contribution in [3.63, 3.8) is 0 Å². The van der Waals surface area contributed by atoms with Crippen molar-refractivity contribution in [2.75, 3.05) is 0 Å². The number of H-pyrrole nitrogens is 1. The zero-order chi connectivity index (χ0) is 13.1.